The van der Waals surface area contributed by atoms with Crippen molar-refractivity contribution in [3.8, 4) is 28.3 Å². The summed E-state index contributed by atoms with van der Waals surface area (Å²) in [5.41, 5.74) is 6.60. The van der Waals surface area contributed by atoms with E-state index in [9.17, 15) is 14.7 Å². The average Bonchev–Trinajstić information content (AvgIpc) is 3.88. The number of likely N-dealkylation sites (N-methyl/N-ethyl adjacent to an activating group) is 1. The Morgan fingerprint density at radius 1 is 1.02 bits per heavy atom. The zero-order valence-electron chi connectivity index (χ0n) is 26.6. The number of pyridine rings is 2. The zero-order chi connectivity index (χ0) is 32.9. The maximum atomic E-state index is 15.4. The fraction of sp³-hybridized carbons (Fsp3) is 0.297. The Morgan fingerprint density at radius 3 is 2.67 bits per heavy atom. The van der Waals surface area contributed by atoms with Crippen molar-refractivity contribution in [1.82, 2.24) is 24.8 Å². The second-order valence-electron chi connectivity index (χ2n) is 12.8. The summed E-state index contributed by atoms with van der Waals surface area (Å²) in [5, 5.41) is 11.6. The van der Waals surface area contributed by atoms with Gasteiger partial charge < -0.3 is 24.6 Å². The zero-order valence-corrected chi connectivity index (χ0v) is 26.6. The monoisotopic (exact) mass is 646 g/mol. The van der Waals surface area contributed by atoms with Crippen LogP contribution in [0.1, 0.15) is 45.8 Å². The summed E-state index contributed by atoms with van der Waals surface area (Å²) in [6.45, 7) is 2.65. The van der Waals surface area contributed by atoms with E-state index in [-0.39, 0.29) is 37.0 Å². The molecule has 1 aliphatic carbocycles. The van der Waals surface area contributed by atoms with Crippen LogP contribution in [0.4, 0.5) is 10.1 Å². The lowest BCUT2D eigenvalue weighted by Crippen LogP contribution is -2.47. The first-order valence-electron chi connectivity index (χ1n) is 16.3. The van der Waals surface area contributed by atoms with Gasteiger partial charge in [-0.1, -0.05) is 18.2 Å². The number of rotatable bonds is 7. The van der Waals surface area contributed by atoms with Gasteiger partial charge in [-0.15, -0.1) is 0 Å². The highest BCUT2D eigenvalue weighted by Gasteiger charge is 2.33. The topological polar surface area (TPSA) is 115 Å². The number of aliphatic hydroxyl groups is 1. The minimum absolute atomic E-state index is 0.0803. The number of nitrogens with zero attached hydrogens (tertiary/aromatic N) is 5. The summed E-state index contributed by atoms with van der Waals surface area (Å²) in [6, 6.07) is 16.6. The van der Waals surface area contributed by atoms with Gasteiger partial charge in [0.25, 0.3) is 5.91 Å². The summed E-state index contributed by atoms with van der Waals surface area (Å²) >= 11 is 0. The van der Waals surface area contributed by atoms with Gasteiger partial charge in [-0.3, -0.25) is 19.5 Å². The first-order valence-corrected chi connectivity index (χ1v) is 16.3. The summed E-state index contributed by atoms with van der Waals surface area (Å²) in [7, 11) is 1.83. The number of halogens is 1. The van der Waals surface area contributed by atoms with Gasteiger partial charge in [0.2, 0.25) is 5.91 Å². The van der Waals surface area contributed by atoms with Crippen LogP contribution in [0.5, 0.6) is 5.75 Å². The molecule has 0 unspecified atom stereocenters. The van der Waals surface area contributed by atoms with E-state index in [0.717, 1.165) is 58.4 Å². The van der Waals surface area contributed by atoms with Crippen molar-refractivity contribution in [2.75, 3.05) is 44.7 Å². The number of ether oxygens (including phenoxy) is 1. The highest BCUT2D eigenvalue weighted by Crippen LogP contribution is 2.43. The minimum atomic E-state index is -0.584. The first kappa shape index (κ1) is 30.2. The largest absolute Gasteiger partial charge is 0.491 e. The van der Waals surface area contributed by atoms with Crippen LogP contribution < -0.4 is 9.64 Å². The lowest BCUT2D eigenvalue weighted by molar-refractivity contribution is -0.134. The van der Waals surface area contributed by atoms with Crippen LogP contribution in [0, 0.1) is 5.82 Å². The van der Waals surface area contributed by atoms with Gasteiger partial charge in [0.15, 0.2) is 0 Å². The van der Waals surface area contributed by atoms with Gasteiger partial charge in [0.1, 0.15) is 29.4 Å². The van der Waals surface area contributed by atoms with Gasteiger partial charge in [0.05, 0.1) is 36.8 Å². The third-order valence-corrected chi connectivity index (χ3v) is 9.62. The molecule has 2 amide bonds. The number of benzene rings is 2. The molecule has 8 rings (SSSR count). The van der Waals surface area contributed by atoms with Crippen LogP contribution in [-0.4, -0.2) is 81.5 Å². The van der Waals surface area contributed by atoms with E-state index in [1.54, 1.807) is 23.2 Å². The molecule has 244 valence electrons. The van der Waals surface area contributed by atoms with Crippen LogP contribution >= 0.6 is 0 Å². The van der Waals surface area contributed by atoms with E-state index in [2.05, 4.69) is 14.9 Å². The third-order valence-electron chi connectivity index (χ3n) is 9.62. The van der Waals surface area contributed by atoms with E-state index >= 15 is 4.39 Å². The Morgan fingerprint density at radius 2 is 1.90 bits per heavy atom. The molecule has 5 heterocycles. The van der Waals surface area contributed by atoms with Crippen LogP contribution in [0.3, 0.4) is 0 Å². The number of nitrogens with one attached hydrogen (secondary N) is 1. The predicted molar refractivity (Wildman–Crippen MR) is 179 cm³/mol. The van der Waals surface area contributed by atoms with Crippen molar-refractivity contribution in [1.29, 1.82) is 0 Å². The first-order chi connectivity index (χ1) is 23.4. The molecule has 1 saturated heterocycles. The number of hydrogen-bond donors (Lipinski definition) is 2. The van der Waals surface area contributed by atoms with E-state index in [4.69, 9.17) is 9.72 Å². The fourth-order valence-electron chi connectivity index (χ4n) is 6.81. The number of anilines is 1. The number of aromatic amines is 1. The maximum absolute atomic E-state index is 15.4. The normalized spacial score (nSPS) is 17.1. The van der Waals surface area contributed by atoms with E-state index in [1.165, 1.54) is 11.0 Å². The predicted octanol–water partition coefficient (Wildman–Crippen LogP) is 5.11. The Labute approximate surface area is 276 Å². The number of carbonyl (C=O) groups excluding carboxylic acids is 2. The molecule has 0 radical (unpaired) electrons. The fourth-order valence-corrected chi connectivity index (χ4v) is 6.81. The van der Waals surface area contributed by atoms with E-state index < -0.39 is 11.7 Å². The van der Waals surface area contributed by atoms with Crippen molar-refractivity contribution >= 4 is 28.5 Å². The molecule has 3 aliphatic rings. The van der Waals surface area contributed by atoms with Gasteiger partial charge in [-0.05, 0) is 77.4 Å². The molecule has 10 nitrogen and oxygen atoms in total. The molecule has 2 N–H and O–H groups in total. The summed E-state index contributed by atoms with van der Waals surface area (Å²) in [6.07, 6.45) is 5.56. The standard InChI is InChI=1S/C37H35FN6O4/c1-42-11-12-43(20-34(42)46)19-22-5-8-30(40-18-22)31-17-27-26(9-10-39-36(27)41-31)25-3-2-4-32(28(25)21-45)44-13-14-48-33-16-24(23-6-7-23)15-29(38)35(33)37(44)47/h2-5,8-10,15-18,23,45H,6-7,11-14,19-21H2,1H3,(H,39,41). The van der Waals surface area contributed by atoms with Crippen molar-refractivity contribution in [2.24, 2.45) is 0 Å². The number of fused-ring (bicyclic) bond motifs is 2. The number of amides is 2. The molecule has 0 bridgehead atoms. The number of piperazine rings is 1. The summed E-state index contributed by atoms with van der Waals surface area (Å²) in [5.74, 6) is -0.359. The molecule has 0 spiro atoms. The SMILES string of the molecule is CN1CCN(Cc2ccc(-c3cc4c(-c5cccc(N6CCOc7cc(C8CC8)cc(F)c7C6=O)c5CO)ccnc4[nH]3)nc2)CC1=O. The Hall–Kier alpha value is -5.13. The highest BCUT2D eigenvalue weighted by molar-refractivity contribution is 6.09. The molecule has 0 atom stereocenters. The van der Waals surface area contributed by atoms with Crippen LogP contribution in [0.15, 0.2) is 67.0 Å². The van der Waals surface area contributed by atoms with Crippen molar-refractivity contribution in [2.45, 2.75) is 31.9 Å². The number of aliphatic hydroxyl groups excluding tert-OH is 1. The number of hydrogen-bond acceptors (Lipinski definition) is 7. The van der Waals surface area contributed by atoms with Crippen LogP contribution in [0.2, 0.25) is 0 Å². The van der Waals surface area contributed by atoms with Gasteiger partial charge in [-0.25, -0.2) is 9.37 Å². The Kier molecular flexibility index (Phi) is 7.65. The van der Waals surface area contributed by atoms with Crippen LogP contribution in [-0.2, 0) is 17.9 Å². The molecule has 11 heteroatoms. The third kappa shape index (κ3) is 5.48. The average molecular weight is 647 g/mol. The Bertz CT molecular complexity index is 2060. The van der Waals surface area contributed by atoms with Gasteiger partial charge >= 0.3 is 0 Å². The van der Waals surface area contributed by atoms with E-state index in [1.807, 2.05) is 49.6 Å². The summed E-state index contributed by atoms with van der Waals surface area (Å²) < 4.78 is 21.3. The van der Waals surface area contributed by atoms with Crippen molar-refractivity contribution in [3.63, 3.8) is 0 Å². The van der Waals surface area contributed by atoms with Crippen LogP contribution in [0.25, 0.3) is 33.5 Å². The molecule has 48 heavy (non-hydrogen) atoms. The second kappa shape index (κ2) is 12.1. The van der Waals surface area contributed by atoms with E-state index in [0.29, 0.717) is 42.5 Å². The molecule has 2 aliphatic heterocycles. The van der Waals surface area contributed by atoms with Gasteiger partial charge in [-0.2, -0.15) is 0 Å². The molecule has 1 saturated carbocycles. The summed E-state index contributed by atoms with van der Waals surface area (Å²) in [4.78, 5) is 44.0. The van der Waals surface area contributed by atoms with Crippen molar-refractivity contribution in [3.05, 3.63) is 95.1 Å². The second-order valence-corrected chi connectivity index (χ2v) is 12.8. The van der Waals surface area contributed by atoms with Gasteiger partial charge in [0, 0.05) is 50.0 Å². The lowest BCUT2D eigenvalue weighted by Gasteiger charge is -2.31. The quantitative estimate of drug-likeness (QED) is 0.253. The molecular formula is C37H35FN6O4. The van der Waals surface area contributed by atoms with Crippen molar-refractivity contribution < 1.29 is 23.8 Å². The molecule has 2 aromatic carbocycles. The maximum Gasteiger partial charge on any atom is 0.265 e. The lowest BCUT2D eigenvalue weighted by atomic mass is 9.96. The molecule has 5 aromatic rings. The number of carbonyl (C=O) groups is 2. The smallest absolute Gasteiger partial charge is 0.265 e. The molecular weight excluding hydrogens is 611 g/mol. The Balaban J connectivity index is 1.10. The minimum Gasteiger partial charge on any atom is -0.491 e. The number of aromatic nitrogens is 3. The molecule has 3 aromatic heterocycles. The number of H-pyrrole nitrogens is 1. The molecule has 2 fully saturated rings. The highest BCUT2D eigenvalue weighted by atomic mass is 19.1.